The Morgan fingerprint density at radius 3 is 2.94 bits per heavy atom. The Kier molecular flexibility index (Phi) is 3.07. The maximum absolute atomic E-state index is 10.3. The maximum Gasteiger partial charge on any atom is 0.328 e. The van der Waals surface area contributed by atoms with Crippen LogP contribution in [0, 0.1) is 0 Å². The molecular weight excluding hydrogens is 224 g/mol. The van der Waals surface area contributed by atoms with Crippen LogP contribution in [0.1, 0.15) is 5.01 Å². The second-order valence-electron chi connectivity index (χ2n) is 2.96. The van der Waals surface area contributed by atoms with Crippen LogP contribution >= 0.6 is 11.3 Å². The van der Waals surface area contributed by atoms with E-state index in [1.165, 1.54) is 17.4 Å². The van der Waals surface area contributed by atoms with Gasteiger partial charge in [-0.1, -0.05) is 6.07 Å². The highest BCUT2D eigenvalue weighted by Crippen LogP contribution is 2.20. The van der Waals surface area contributed by atoms with E-state index >= 15 is 0 Å². The van der Waals surface area contributed by atoms with Crippen molar-refractivity contribution in [2.45, 2.75) is 0 Å². The van der Waals surface area contributed by atoms with E-state index in [0.29, 0.717) is 5.01 Å². The van der Waals surface area contributed by atoms with Gasteiger partial charge in [0.1, 0.15) is 10.7 Å². The molecular formula is C11H8N2O2S. The molecule has 0 radical (unpaired) electrons. The number of thiazole rings is 1. The number of nitrogens with zero attached hydrogens (tertiary/aromatic N) is 2. The highest BCUT2D eigenvalue weighted by atomic mass is 32.1. The van der Waals surface area contributed by atoms with Crippen LogP contribution in [0.15, 0.2) is 35.9 Å². The highest BCUT2D eigenvalue weighted by Gasteiger charge is 2.02. The van der Waals surface area contributed by atoms with Gasteiger partial charge in [-0.15, -0.1) is 11.3 Å². The first kappa shape index (κ1) is 10.5. The summed E-state index contributed by atoms with van der Waals surface area (Å²) in [5, 5.41) is 11.0. The van der Waals surface area contributed by atoms with Crippen LogP contribution in [0.25, 0.3) is 17.5 Å². The van der Waals surface area contributed by atoms with Gasteiger partial charge in [-0.05, 0) is 18.2 Å². The lowest BCUT2D eigenvalue weighted by molar-refractivity contribution is -0.131. The van der Waals surface area contributed by atoms with Crippen molar-refractivity contribution in [1.82, 2.24) is 9.97 Å². The summed E-state index contributed by atoms with van der Waals surface area (Å²) in [6.07, 6.45) is 4.24. The normalized spacial score (nSPS) is 10.8. The summed E-state index contributed by atoms with van der Waals surface area (Å²) in [6, 6.07) is 5.58. The highest BCUT2D eigenvalue weighted by molar-refractivity contribution is 7.10. The molecule has 0 saturated heterocycles. The first-order valence-corrected chi connectivity index (χ1v) is 5.41. The average molecular weight is 232 g/mol. The molecule has 2 aromatic heterocycles. The number of aliphatic carboxylic acids is 1. The van der Waals surface area contributed by atoms with Gasteiger partial charge in [0.15, 0.2) is 0 Å². The van der Waals surface area contributed by atoms with E-state index in [2.05, 4.69) is 9.97 Å². The van der Waals surface area contributed by atoms with Crippen LogP contribution in [0.3, 0.4) is 0 Å². The molecule has 0 bridgehead atoms. The quantitative estimate of drug-likeness (QED) is 0.825. The summed E-state index contributed by atoms with van der Waals surface area (Å²) in [7, 11) is 0. The summed E-state index contributed by atoms with van der Waals surface area (Å²) in [5.74, 6) is -0.977. The van der Waals surface area contributed by atoms with E-state index in [0.717, 1.165) is 17.5 Å². The van der Waals surface area contributed by atoms with Gasteiger partial charge in [0, 0.05) is 17.7 Å². The molecule has 0 fully saturated rings. The standard InChI is InChI=1S/C11H8N2O2S/c14-11(15)5-4-10-13-9(7-16-10)8-3-1-2-6-12-8/h1-7H,(H,14,15)/b5-4+. The zero-order valence-corrected chi connectivity index (χ0v) is 9.02. The molecule has 4 nitrogen and oxygen atoms in total. The van der Waals surface area contributed by atoms with Crippen molar-refractivity contribution in [1.29, 1.82) is 0 Å². The van der Waals surface area contributed by atoms with Crippen molar-refractivity contribution in [3.63, 3.8) is 0 Å². The Morgan fingerprint density at radius 2 is 2.25 bits per heavy atom. The van der Waals surface area contributed by atoms with Crippen LogP contribution in [-0.4, -0.2) is 21.0 Å². The predicted molar refractivity (Wildman–Crippen MR) is 62.0 cm³/mol. The Balaban J connectivity index is 2.23. The zero-order valence-electron chi connectivity index (χ0n) is 8.20. The fraction of sp³-hybridized carbons (Fsp3) is 0. The summed E-state index contributed by atoms with van der Waals surface area (Å²) in [6.45, 7) is 0. The third-order valence-electron chi connectivity index (χ3n) is 1.82. The van der Waals surface area contributed by atoms with Crippen LogP contribution in [-0.2, 0) is 4.79 Å². The number of pyridine rings is 1. The van der Waals surface area contributed by atoms with Gasteiger partial charge in [-0.25, -0.2) is 9.78 Å². The Morgan fingerprint density at radius 1 is 1.38 bits per heavy atom. The molecule has 1 N–H and O–H groups in total. The minimum atomic E-state index is -0.977. The Labute approximate surface area is 95.9 Å². The second-order valence-corrected chi connectivity index (χ2v) is 3.85. The topological polar surface area (TPSA) is 63.1 Å². The van der Waals surface area contributed by atoms with E-state index in [9.17, 15) is 4.79 Å². The molecule has 2 rings (SSSR count). The Bertz CT molecular complexity index is 520. The number of hydrogen-bond donors (Lipinski definition) is 1. The SMILES string of the molecule is O=C(O)/C=C/c1nc(-c2ccccn2)cs1. The fourth-order valence-electron chi connectivity index (χ4n) is 1.14. The molecule has 0 aromatic carbocycles. The minimum Gasteiger partial charge on any atom is -0.478 e. The summed E-state index contributed by atoms with van der Waals surface area (Å²) in [5.41, 5.74) is 1.55. The number of carbonyl (C=O) groups is 1. The lowest BCUT2D eigenvalue weighted by Crippen LogP contribution is -1.85. The van der Waals surface area contributed by atoms with E-state index < -0.39 is 5.97 Å². The number of aromatic nitrogens is 2. The van der Waals surface area contributed by atoms with Crippen molar-refractivity contribution < 1.29 is 9.90 Å². The molecule has 2 aromatic rings. The van der Waals surface area contributed by atoms with Crippen LogP contribution in [0.4, 0.5) is 0 Å². The molecule has 0 spiro atoms. The second kappa shape index (κ2) is 4.67. The molecule has 0 aliphatic heterocycles. The van der Waals surface area contributed by atoms with E-state index in [1.807, 2.05) is 23.6 Å². The van der Waals surface area contributed by atoms with Crippen LogP contribution in [0.5, 0.6) is 0 Å². The number of carboxylic acid groups (broad SMARTS) is 1. The van der Waals surface area contributed by atoms with Crippen molar-refractivity contribution in [2.75, 3.05) is 0 Å². The third kappa shape index (κ3) is 2.52. The molecule has 0 aliphatic carbocycles. The summed E-state index contributed by atoms with van der Waals surface area (Å²) in [4.78, 5) is 18.7. The fourth-order valence-corrected chi connectivity index (χ4v) is 1.84. The van der Waals surface area contributed by atoms with Gasteiger partial charge < -0.3 is 5.11 Å². The number of hydrogen-bond acceptors (Lipinski definition) is 4. The molecule has 2 heterocycles. The first-order chi connectivity index (χ1) is 7.75. The van der Waals surface area contributed by atoms with Crippen molar-refractivity contribution in [3.05, 3.63) is 40.9 Å². The summed E-state index contributed by atoms with van der Waals surface area (Å²) >= 11 is 1.39. The maximum atomic E-state index is 10.3. The molecule has 0 saturated carbocycles. The van der Waals surface area contributed by atoms with Crippen molar-refractivity contribution >= 4 is 23.4 Å². The third-order valence-corrected chi connectivity index (χ3v) is 2.63. The van der Waals surface area contributed by atoms with Crippen molar-refractivity contribution in [3.8, 4) is 11.4 Å². The molecule has 0 aliphatic rings. The van der Waals surface area contributed by atoms with Crippen LogP contribution < -0.4 is 0 Å². The molecule has 0 atom stereocenters. The van der Waals surface area contributed by atoms with E-state index in [-0.39, 0.29) is 0 Å². The Hall–Kier alpha value is -2.01. The predicted octanol–water partition coefficient (Wildman–Crippen LogP) is 2.30. The molecule has 0 unspecified atom stereocenters. The minimum absolute atomic E-state index is 0.656. The van der Waals surface area contributed by atoms with Gasteiger partial charge in [-0.3, -0.25) is 4.98 Å². The lowest BCUT2D eigenvalue weighted by atomic mass is 10.3. The van der Waals surface area contributed by atoms with E-state index in [1.54, 1.807) is 6.20 Å². The molecule has 16 heavy (non-hydrogen) atoms. The lowest BCUT2D eigenvalue weighted by Gasteiger charge is -1.92. The van der Waals surface area contributed by atoms with Crippen molar-refractivity contribution in [2.24, 2.45) is 0 Å². The largest absolute Gasteiger partial charge is 0.478 e. The van der Waals surface area contributed by atoms with Gasteiger partial charge in [0.25, 0.3) is 0 Å². The molecule has 80 valence electrons. The van der Waals surface area contributed by atoms with Gasteiger partial charge in [0.05, 0.1) is 5.69 Å². The molecule has 0 amide bonds. The molecule has 5 heteroatoms. The number of rotatable bonds is 3. The number of carboxylic acids is 1. The smallest absolute Gasteiger partial charge is 0.328 e. The monoisotopic (exact) mass is 232 g/mol. The van der Waals surface area contributed by atoms with Gasteiger partial charge in [-0.2, -0.15) is 0 Å². The van der Waals surface area contributed by atoms with Gasteiger partial charge >= 0.3 is 5.97 Å². The first-order valence-electron chi connectivity index (χ1n) is 4.53. The van der Waals surface area contributed by atoms with E-state index in [4.69, 9.17) is 5.11 Å². The van der Waals surface area contributed by atoms with Gasteiger partial charge in [0.2, 0.25) is 0 Å². The van der Waals surface area contributed by atoms with Crippen LogP contribution in [0.2, 0.25) is 0 Å². The average Bonchev–Trinajstić information content (AvgIpc) is 2.76. The summed E-state index contributed by atoms with van der Waals surface area (Å²) < 4.78 is 0. The zero-order chi connectivity index (χ0) is 11.4.